The van der Waals surface area contributed by atoms with Crippen LogP contribution in [0.4, 0.5) is 5.69 Å². The lowest BCUT2D eigenvalue weighted by molar-refractivity contribution is -0.384. The Morgan fingerprint density at radius 2 is 1.70 bits per heavy atom. The molecule has 2 heterocycles. The number of non-ortho nitro benzene ring substituents is 1. The Morgan fingerprint density at radius 3 is 2.47 bits per heavy atom. The van der Waals surface area contributed by atoms with E-state index in [0.29, 0.717) is 5.52 Å². The van der Waals surface area contributed by atoms with Crippen molar-refractivity contribution >= 4 is 16.6 Å². The van der Waals surface area contributed by atoms with Crippen molar-refractivity contribution in [3.8, 4) is 28.1 Å². The highest BCUT2D eigenvalue weighted by Crippen LogP contribution is 2.34. The van der Waals surface area contributed by atoms with Crippen molar-refractivity contribution < 1.29 is 4.92 Å². The summed E-state index contributed by atoms with van der Waals surface area (Å²) in [5.74, 6) is 0. The van der Waals surface area contributed by atoms with E-state index in [1.807, 2.05) is 60.7 Å². The number of hydrogen-bond acceptors (Lipinski definition) is 6. The molecule has 0 saturated carbocycles. The van der Waals surface area contributed by atoms with E-state index in [0.717, 1.165) is 33.5 Å². The first-order valence-corrected chi connectivity index (χ1v) is 9.17. The Hall–Kier alpha value is -4.46. The van der Waals surface area contributed by atoms with E-state index in [1.165, 1.54) is 12.4 Å². The van der Waals surface area contributed by atoms with Crippen LogP contribution >= 0.6 is 0 Å². The first-order valence-electron chi connectivity index (χ1n) is 9.17. The van der Waals surface area contributed by atoms with Crippen LogP contribution in [-0.2, 0) is 0 Å². The molecule has 0 fully saturated rings. The zero-order chi connectivity index (χ0) is 20.5. The van der Waals surface area contributed by atoms with Gasteiger partial charge in [-0.05, 0) is 45.8 Å². The third kappa shape index (κ3) is 3.16. The van der Waals surface area contributed by atoms with Gasteiger partial charge in [-0.2, -0.15) is 0 Å². The molecule has 0 saturated heterocycles. The second kappa shape index (κ2) is 7.17. The van der Waals surface area contributed by atoms with Crippen LogP contribution in [0.25, 0.3) is 39.0 Å². The Balaban J connectivity index is 1.74. The van der Waals surface area contributed by atoms with E-state index in [2.05, 4.69) is 15.5 Å². The van der Waals surface area contributed by atoms with Gasteiger partial charge >= 0.3 is 0 Å². The molecule has 30 heavy (non-hydrogen) atoms. The van der Waals surface area contributed by atoms with Crippen LogP contribution in [-0.4, -0.2) is 30.1 Å². The number of hydrogen-bond donors (Lipinski definition) is 0. The molecule has 0 unspecified atom stereocenters. The highest BCUT2D eigenvalue weighted by Gasteiger charge is 2.14. The lowest BCUT2D eigenvalue weighted by atomic mass is 9.98. The van der Waals surface area contributed by atoms with Crippen molar-refractivity contribution in [2.45, 2.75) is 0 Å². The normalized spacial score (nSPS) is 10.9. The molecule has 0 spiro atoms. The van der Waals surface area contributed by atoms with E-state index >= 15 is 0 Å². The van der Waals surface area contributed by atoms with Gasteiger partial charge in [0.1, 0.15) is 6.33 Å². The molecule has 2 aromatic heterocycles. The Labute approximate surface area is 170 Å². The maximum Gasteiger partial charge on any atom is 0.270 e. The van der Waals surface area contributed by atoms with Gasteiger partial charge in [-0.25, -0.2) is 9.67 Å². The van der Waals surface area contributed by atoms with Gasteiger partial charge in [0.2, 0.25) is 0 Å². The predicted octanol–water partition coefficient (Wildman–Crippen LogP) is 4.45. The fourth-order valence-electron chi connectivity index (χ4n) is 3.42. The highest BCUT2D eigenvalue weighted by molar-refractivity contribution is 5.97. The minimum atomic E-state index is -0.391. The molecule has 3 aromatic carbocycles. The molecule has 8 heteroatoms. The number of tetrazole rings is 1. The molecule has 0 aliphatic heterocycles. The molecule has 0 amide bonds. The number of aromatic nitrogens is 5. The summed E-state index contributed by atoms with van der Waals surface area (Å²) in [4.78, 5) is 15.7. The van der Waals surface area contributed by atoms with Crippen LogP contribution < -0.4 is 0 Å². The van der Waals surface area contributed by atoms with Crippen LogP contribution in [0.3, 0.4) is 0 Å². The molecule has 0 radical (unpaired) electrons. The summed E-state index contributed by atoms with van der Waals surface area (Å²) in [5.41, 5.74) is 5.02. The Morgan fingerprint density at radius 1 is 0.867 bits per heavy atom. The Bertz CT molecular complexity index is 1370. The summed E-state index contributed by atoms with van der Waals surface area (Å²) in [6.07, 6.45) is 1.53. The van der Waals surface area contributed by atoms with Crippen LogP contribution in [0.15, 0.2) is 85.2 Å². The van der Waals surface area contributed by atoms with Gasteiger partial charge in [0, 0.05) is 23.1 Å². The number of fused-ring (bicyclic) bond motifs is 1. The van der Waals surface area contributed by atoms with Crippen molar-refractivity contribution in [1.29, 1.82) is 0 Å². The van der Waals surface area contributed by atoms with Gasteiger partial charge in [0.05, 0.1) is 21.8 Å². The zero-order valence-corrected chi connectivity index (χ0v) is 15.6. The molecule has 0 N–H and O–H groups in total. The highest BCUT2D eigenvalue weighted by atomic mass is 16.6. The molecular weight excluding hydrogens is 380 g/mol. The maximum atomic E-state index is 11.3. The number of benzene rings is 3. The number of rotatable bonds is 4. The minimum absolute atomic E-state index is 0.0370. The molecule has 5 rings (SSSR count). The Kier molecular flexibility index (Phi) is 4.21. The molecule has 0 aliphatic rings. The third-order valence-electron chi connectivity index (χ3n) is 4.84. The topological polar surface area (TPSA) is 99.6 Å². The summed E-state index contributed by atoms with van der Waals surface area (Å²) in [6.45, 7) is 0. The zero-order valence-electron chi connectivity index (χ0n) is 15.6. The number of pyridine rings is 1. The largest absolute Gasteiger partial charge is 0.270 e. The fourth-order valence-corrected chi connectivity index (χ4v) is 3.42. The first kappa shape index (κ1) is 17.6. The monoisotopic (exact) mass is 394 g/mol. The van der Waals surface area contributed by atoms with Gasteiger partial charge in [0.25, 0.3) is 5.69 Å². The second-order valence-corrected chi connectivity index (χ2v) is 6.68. The minimum Gasteiger partial charge on any atom is -0.258 e. The fraction of sp³-hybridized carbons (Fsp3) is 0. The standard InChI is InChI=1S/C22H14N6O2/c29-28(30)18-9-10-21-20(12-18)19(15-5-2-1-3-6-15)13-22(24-21)16-7-4-8-17(11-16)27-14-23-25-26-27/h1-14H. The van der Waals surface area contributed by atoms with E-state index in [9.17, 15) is 10.1 Å². The smallest absolute Gasteiger partial charge is 0.258 e. The number of nitro benzene ring substituents is 1. The lowest BCUT2D eigenvalue weighted by Crippen LogP contribution is -1.96. The number of nitro groups is 1. The molecule has 0 aliphatic carbocycles. The van der Waals surface area contributed by atoms with Crippen LogP contribution in [0.1, 0.15) is 0 Å². The molecule has 0 bridgehead atoms. The van der Waals surface area contributed by atoms with E-state index < -0.39 is 4.92 Å². The van der Waals surface area contributed by atoms with Crippen molar-refractivity contribution in [1.82, 2.24) is 25.2 Å². The van der Waals surface area contributed by atoms with Crippen LogP contribution in [0, 0.1) is 10.1 Å². The van der Waals surface area contributed by atoms with Crippen LogP contribution in [0.2, 0.25) is 0 Å². The summed E-state index contributed by atoms with van der Waals surface area (Å²) in [7, 11) is 0. The van der Waals surface area contributed by atoms with E-state index in [4.69, 9.17) is 4.98 Å². The van der Waals surface area contributed by atoms with Crippen molar-refractivity contribution in [2.75, 3.05) is 0 Å². The quantitative estimate of drug-likeness (QED) is 0.330. The van der Waals surface area contributed by atoms with Crippen molar-refractivity contribution in [3.63, 3.8) is 0 Å². The molecule has 144 valence electrons. The average Bonchev–Trinajstić information content (AvgIpc) is 3.34. The summed E-state index contributed by atoms with van der Waals surface area (Å²) in [5, 5.41) is 23.3. The molecule has 8 nitrogen and oxygen atoms in total. The number of nitrogens with zero attached hydrogens (tertiary/aromatic N) is 6. The SMILES string of the molecule is O=[N+]([O-])c1ccc2nc(-c3cccc(-n4cnnn4)c3)cc(-c3ccccc3)c2c1. The molecule has 0 atom stereocenters. The van der Waals surface area contributed by atoms with Gasteiger partial charge < -0.3 is 0 Å². The van der Waals surface area contributed by atoms with Gasteiger partial charge in [-0.3, -0.25) is 10.1 Å². The summed E-state index contributed by atoms with van der Waals surface area (Å²) < 4.78 is 1.58. The van der Waals surface area contributed by atoms with Crippen LogP contribution in [0.5, 0.6) is 0 Å². The van der Waals surface area contributed by atoms with E-state index in [-0.39, 0.29) is 5.69 Å². The molecule has 5 aromatic rings. The second-order valence-electron chi connectivity index (χ2n) is 6.68. The maximum absolute atomic E-state index is 11.3. The predicted molar refractivity (Wildman–Crippen MR) is 112 cm³/mol. The summed E-state index contributed by atoms with van der Waals surface area (Å²) >= 11 is 0. The average molecular weight is 394 g/mol. The van der Waals surface area contributed by atoms with Crippen molar-refractivity contribution in [2.24, 2.45) is 0 Å². The van der Waals surface area contributed by atoms with Gasteiger partial charge in [0.15, 0.2) is 0 Å². The summed E-state index contributed by atoms with van der Waals surface area (Å²) in [6, 6.07) is 24.2. The molecular formula is C22H14N6O2. The third-order valence-corrected chi connectivity index (χ3v) is 4.84. The van der Waals surface area contributed by atoms with Crippen molar-refractivity contribution in [3.05, 3.63) is 95.3 Å². The first-order chi connectivity index (χ1) is 14.7. The van der Waals surface area contributed by atoms with Gasteiger partial charge in [-0.15, -0.1) is 5.10 Å². The van der Waals surface area contributed by atoms with Gasteiger partial charge in [-0.1, -0.05) is 42.5 Å². The lowest BCUT2D eigenvalue weighted by Gasteiger charge is -2.11. The van der Waals surface area contributed by atoms with E-state index in [1.54, 1.807) is 16.8 Å².